The summed E-state index contributed by atoms with van der Waals surface area (Å²) in [7, 11) is 0. The number of carbonyl (C=O) groups excluding carboxylic acids is 6. The first-order chi connectivity index (χ1) is 28.4. The minimum absolute atomic E-state index is 0.0738. The molecule has 2 aromatic carbocycles. The summed E-state index contributed by atoms with van der Waals surface area (Å²) in [6, 6.07) is 11.8. The van der Waals surface area contributed by atoms with Crippen LogP contribution in [0.15, 0.2) is 65.7 Å². The van der Waals surface area contributed by atoms with Crippen molar-refractivity contribution in [3.63, 3.8) is 0 Å². The molecule has 1 heterocycles. The molecule has 6 rings (SSSR count). The van der Waals surface area contributed by atoms with Crippen LogP contribution in [0.3, 0.4) is 0 Å². The number of hydrogen-bond donors (Lipinski definition) is 4. The van der Waals surface area contributed by atoms with E-state index in [1.165, 1.54) is 43.3 Å². The third kappa shape index (κ3) is 8.12. The Balaban J connectivity index is 1.52. The van der Waals surface area contributed by atoms with Crippen molar-refractivity contribution in [3.05, 3.63) is 76.9 Å². The first-order valence-electron chi connectivity index (χ1n) is 20.3. The quantitative estimate of drug-likeness (QED) is 0.154. The molecule has 2 saturated carbocycles. The van der Waals surface area contributed by atoms with E-state index >= 15 is 4.79 Å². The molecule has 4 aliphatic rings. The number of phenolic OH excluding ortho intramolecular Hbond substituents is 1. The lowest BCUT2D eigenvalue weighted by Crippen LogP contribution is -2.79. The van der Waals surface area contributed by atoms with Crippen molar-refractivity contribution in [1.82, 2.24) is 5.32 Å². The van der Waals surface area contributed by atoms with Crippen molar-refractivity contribution < 1.29 is 72.5 Å². The van der Waals surface area contributed by atoms with Gasteiger partial charge in [0.1, 0.15) is 35.3 Å². The predicted octanol–water partition coefficient (Wildman–Crippen LogP) is 4.57. The van der Waals surface area contributed by atoms with Crippen molar-refractivity contribution >= 4 is 35.8 Å². The molecule has 4 N–H and O–H groups in total. The minimum atomic E-state index is -2.30. The summed E-state index contributed by atoms with van der Waals surface area (Å²) in [5, 5.41) is 37.8. The van der Waals surface area contributed by atoms with E-state index in [4.69, 9.17) is 28.4 Å². The molecule has 0 spiro atoms. The lowest BCUT2D eigenvalue weighted by atomic mass is 9.45. The average molecular weight is 850 g/mol. The fraction of sp³-hybridized carbons (Fsp3) is 0.556. The van der Waals surface area contributed by atoms with E-state index in [0.29, 0.717) is 0 Å². The molecule has 0 aromatic heterocycles. The molecule has 2 unspecified atom stereocenters. The smallest absolute Gasteiger partial charge is 0.408 e. The number of fused-ring (bicyclic) bond motifs is 5. The summed E-state index contributed by atoms with van der Waals surface area (Å²) in [6.45, 7) is 13.3. The number of carbonyl (C=O) groups is 6. The van der Waals surface area contributed by atoms with Gasteiger partial charge in [-0.05, 0) is 81.5 Å². The average Bonchev–Trinajstić information content (AvgIpc) is 3.15. The molecule has 1 amide bonds. The van der Waals surface area contributed by atoms with Gasteiger partial charge in [0.15, 0.2) is 23.6 Å². The zero-order chi connectivity index (χ0) is 45.0. The fourth-order valence-corrected chi connectivity index (χ4v) is 9.84. The molecule has 330 valence electrons. The monoisotopic (exact) mass is 849 g/mol. The molecule has 2 aromatic rings. The summed E-state index contributed by atoms with van der Waals surface area (Å²) in [5.41, 5.74) is -7.48. The van der Waals surface area contributed by atoms with Gasteiger partial charge in [0.2, 0.25) is 0 Å². The number of rotatable bonds is 9. The van der Waals surface area contributed by atoms with Gasteiger partial charge in [-0.15, -0.1) is 0 Å². The maximum absolute atomic E-state index is 15.4. The van der Waals surface area contributed by atoms with E-state index in [1.807, 2.05) is 0 Å². The number of nitrogens with one attached hydrogen (secondary N) is 1. The molecule has 10 atom stereocenters. The van der Waals surface area contributed by atoms with Gasteiger partial charge < -0.3 is 49.1 Å². The number of amides is 1. The second-order valence-electron chi connectivity index (χ2n) is 18.3. The van der Waals surface area contributed by atoms with Crippen molar-refractivity contribution in [2.24, 2.45) is 16.7 Å². The predicted molar refractivity (Wildman–Crippen MR) is 213 cm³/mol. The lowest BCUT2D eigenvalue weighted by Gasteiger charge is -2.66. The topological polar surface area (TPSA) is 231 Å². The van der Waals surface area contributed by atoms with Gasteiger partial charge in [-0.3, -0.25) is 14.4 Å². The molecule has 61 heavy (non-hydrogen) atoms. The molecule has 1 saturated heterocycles. The maximum atomic E-state index is 15.4. The number of hydrogen-bond acceptors (Lipinski definition) is 15. The number of aliphatic hydroxyl groups is 2. The standard InChI is InChI=1S/C45H55NO15/c1-23-29(58-39(53)33(50)32(26-15-17-28(49)18-16-26)46-40(54)61-41(4,5)6)21-45(55)37(59-38(52)27-13-11-10-12-14-27)35-43(9,20-19-30-44(35,22-56-30)60-25(3)48)36(51)34(57-24(2)47)31(23)42(45,7)8/h10-18,29-30,32-35,37,49-50,55H,19-22H2,1-9H3,(H,46,54)/t29-,30?,32-,33+,34+,35?,37-,43+,44-,45+/m0/s1. The third-order valence-corrected chi connectivity index (χ3v) is 12.8. The molecule has 16 heteroatoms. The van der Waals surface area contributed by atoms with Crippen LogP contribution in [-0.4, -0.2) is 105 Å². The van der Waals surface area contributed by atoms with Crippen LogP contribution in [0.25, 0.3) is 0 Å². The van der Waals surface area contributed by atoms with Crippen LogP contribution in [0.4, 0.5) is 4.79 Å². The van der Waals surface area contributed by atoms with Gasteiger partial charge in [0, 0.05) is 31.1 Å². The zero-order valence-electron chi connectivity index (χ0n) is 35.8. The largest absolute Gasteiger partial charge is 0.508 e. The Labute approximate surface area is 353 Å². The second-order valence-corrected chi connectivity index (χ2v) is 18.3. The maximum Gasteiger partial charge on any atom is 0.408 e. The van der Waals surface area contributed by atoms with E-state index in [-0.39, 0.29) is 47.5 Å². The highest BCUT2D eigenvalue weighted by Gasteiger charge is 2.76. The Hall–Kier alpha value is -5.32. The zero-order valence-corrected chi connectivity index (χ0v) is 35.8. The van der Waals surface area contributed by atoms with E-state index in [1.54, 1.807) is 66.7 Å². The molecular weight excluding hydrogens is 794 g/mol. The Bertz CT molecular complexity index is 2110. The van der Waals surface area contributed by atoms with Crippen molar-refractivity contribution in [2.45, 2.75) is 135 Å². The van der Waals surface area contributed by atoms with E-state index in [2.05, 4.69) is 5.32 Å². The van der Waals surface area contributed by atoms with Crippen LogP contribution in [0.5, 0.6) is 5.75 Å². The number of phenols is 1. The fourth-order valence-electron chi connectivity index (χ4n) is 9.84. The van der Waals surface area contributed by atoms with Crippen LogP contribution >= 0.6 is 0 Å². The second kappa shape index (κ2) is 16.2. The van der Waals surface area contributed by atoms with Gasteiger partial charge in [-0.2, -0.15) is 0 Å². The Kier molecular flexibility index (Phi) is 12.0. The number of esters is 4. The summed E-state index contributed by atoms with van der Waals surface area (Å²) in [5.74, 6) is -5.76. The van der Waals surface area contributed by atoms with Crippen LogP contribution in [0, 0.1) is 16.7 Å². The molecular formula is C45H55NO15. The lowest BCUT2D eigenvalue weighted by molar-refractivity contribution is -0.332. The minimum Gasteiger partial charge on any atom is -0.508 e. The van der Waals surface area contributed by atoms with Gasteiger partial charge in [-0.1, -0.05) is 51.1 Å². The van der Waals surface area contributed by atoms with Crippen LogP contribution in [0.1, 0.15) is 104 Å². The summed E-state index contributed by atoms with van der Waals surface area (Å²) in [6.07, 6.45) is -8.87. The highest BCUT2D eigenvalue weighted by Crippen LogP contribution is 2.64. The van der Waals surface area contributed by atoms with Gasteiger partial charge >= 0.3 is 30.0 Å². The van der Waals surface area contributed by atoms with Crippen molar-refractivity contribution in [3.8, 4) is 5.75 Å². The summed E-state index contributed by atoms with van der Waals surface area (Å²) < 4.78 is 35.8. The number of ether oxygens (including phenoxy) is 6. The highest BCUT2D eigenvalue weighted by atomic mass is 16.6. The first-order valence-corrected chi connectivity index (χ1v) is 20.3. The number of alkyl carbamates (subject to hydrolysis) is 1. The highest BCUT2D eigenvalue weighted by molar-refractivity contribution is 5.95. The molecule has 0 radical (unpaired) electrons. The van der Waals surface area contributed by atoms with Crippen LogP contribution < -0.4 is 5.32 Å². The van der Waals surface area contributed by atoms with Crippen molar-refractivity contribution in [2.75, 3.05) is 6.61 Å². The Morgan fingerprint density at radius 2 is 1.56 bits per heavy atom. The van der Waals surface area contributed by atoms with Crippen LogP contribution in [-0.2, 0) is 47.6 Å². The molecule has 3 aliphatic carbocycles. The SMILES string of the molecule is CC(=O)O[C@H]1C(=O)[C@]2(C)CCC3OC[C@@]3(OC(C)=O)C2[C@H](OC(=O)c2ccccc2)[C@]2(O)C[C@H](OC(=O)[C@H](O)[C@@H](NC(=O)OC(C)(C)C)c3ccc(O)cc3)C(C)=C1C2(C)C. The summed E-state index contributed by atoms with van der Waals surface area (Å²) in [4.78, 5) is 82.8. The molecule has 1 aliphatic heterocycles. The molecule has 16 nitrogen and oxygen atoms in total. The number of aromatic hydroxyl groups is 1. The number of aliphatic hydroxyl groups excluding tert-OH is 1. The number of benzene rings is 2. The Morgan fingerprint density at radius 3 is 2.11 bits per heavy atom. The van der Waals surface area contributed by atoms with Gasteiger partial charge in [-0.25, -0.2) is 14.4 Å². The summed E-state index contributed by atoms with van der Waals surface area (Å²) >= 11 is 0. The van der Waals surface area contributed by atoms with E-state index < -0.39 is 112 Å². The van der Waals surface area contributed by atoms with Gasteiger partial charge in [0.05, 0.1) is 24.1 Å². The number of ketones is 1. The third-order valence-electron chi connectivity index (χ3n) is 12.8. The Morgan fingerprint density at radius 1 is 0.918 bits per heavy atom. The molecule has 3 fully saturated rings. The molecule has 2 bridgehead atoms. The van der Waals surface area contributed by atoms with E-state index in [9.17, 15) is 39.3 Å². The van der Waals surface area contributed by atoms with E-state index in [0.717, 1.165) is 6.92 Å². The van der Waals surface area contributed by atoms with Gasteiger partial charge in [0.25, 0.3) is 0 Å². The van der Waals surface area contributed by atoms with Crippen molar-refractivity contribution in [1.29, 1.82) is 0 Å². The van der Waals surface area contributed by atoms with Crippen LogP contribution in [0.2, 0.25) is 0 Å². The normalized spacial score (nSPS) is 31.3. The first kappa shape index (κ1) is 45.2. The number of Topliss-reactive ketones (excluding diaryl/α,β-unsaturated/α-hetero) is 1.